The molecule has 0 fully saturated rings. The Morgan fingerprint density at radius 1 is 1.12 bits per heavy atom. The topological polar surface area (TPSA) is 47.8 Å². The van der Waals surface area contributed by atoms with Crippen molar-refractivity contribution in [2.45, 2.75) is 17.3 Å². The standard InChI is InChI=1S/C18H15ClFN3OS/c1-11(16(24)12-3-7-14(19)8-4-12)25-18-22-21-17(23(18)2)13-5-9-15(20)10-6-13/h3-11H,1-2H3. The number of halogens is 2. The molecule has 0 bridgehead atoms. The van der Waals surface area contributed by atoms with E-state index in [-0.39, 0.29) is 16.9 Å². The van der Waals surface area contributed by atoms with Crippen molar-refractivity contribution < 1.29 is 9.18 Å². The largest absolute Gasteiger partial charge is 0.305 e. The summed E-state index contributed by atoms with van der Waals surface area (Å²) in [5, 5.41) is 9.19. The number of carbonyl (C=O) groups excluding carboxylic acids is 1. The van der Waals surface area contributed by atoms with E-state index in [0.29, 0.717) is 21.6 Å². The van der Waals surface area contributed by atoms with E-state index in [9.17, 15) is 9.18 Å². The highest BCUT2D eigenvalue weighted by molar-refractivity contribution is 8.00. The highest BCUT2D eigenvalue weighted by Crippen LogP contribution is 2.27. The molecule has 0 saturated heterocycles. The van der Waals surface area contributed by atoms with Crippen LogP contribution in [0, 0.1) is 5.82 Å². The molecule has 3 aromatic rings. The van der Waals surface area contributed by atoms with Crippen molar-refractivity contribution in [2.24, 2.45) is 7.05 Å². The summed E-state index contributed by atoms with van der Waals surface area (Å²) in [7, 11) is 1.82. The fraction of sp³-hybridized carbons (Fsp3) is 0.167. The van der Waals surface area contributed by atoms with Crippen LogP contribution in [0.3, 0.4) is 0 Å². The molecule has 0 saturated carbocycles. The number of nitrogens with zero attached hydrogens (tertiary/aromatic N) is 3. The molecule has 0 amide bonds. The van der Waals surface area contributed by atoms with Crippen molar-refractivity contribution >= 4 is 29.1 Å². The second-order valence-electron chi connectivity index (χ2n) is 5.50. The predicted molar refractivity (Wildman–Crippen MR) is 97.5 cm³/mol. The molecular formula is C18H15ClFN3OS. The minimum absolute atomic E-state index is 0.00648. The van der Waals surface area contributed by atoms with Crippen molar-refractivity contribution in [1.29, 1.82) is 0 Å². The highest BCUT2D eigenvalue weighted by Gasteiger charge is 2.20. The first-order chi connectivity index (χ1) is 12.0. The van der Waals surface area contributed by atoms with Gasteiger partial charge in [-0.3, -0.25) is 4.79 Å². The average molecular weight is 376 g/mol. The lowest BCUT2D eigenvalue weighted by Gasteiger charge is -2.10. The molecule has 1 heterocycles. The quantitative estimate of drug-likeness (QED) is 0.481. The van der Waals surface area contributed by atoms with Gasteiger partial charge in [-0.05, 0) is 55.5 Å². The molecule has 1 unspecified atom stereocenters. The molecule has 0 radical (unpaired) electrons. The predicted octanol–water partition coefficient (Wildman–Crippen LogP) is 4.64. The summed E-state index contributed by atoms with van der Waals surface area (Å²) in [5.41, 5.74) is 1.37. The molecule has 0 aliphatic rings. The Balaban J connectivity index is 1.78. The molecule has 7 heteroatoms. The van der Waals surface area contributed by atoms with Crippen LogP contribution in [0.1, 0.15) is 17.3 Å². The Morgan fingerprint density at radius 3 is 2.40 bits per heavy atom. The zero-order valence-electron chi connectivity index (χ0n) is 13.6. The number of ketones is 1. The van der Waals surface area contributed by atoms with Crippen LogP contribution in [0.15, 0.2) is 53.7 Å². The van der Waals surface area contributed by atoms with E-state index < -0.39 is 0 Å². The summed E-state index contributed by atoms with van der Waals surface area (Å²) in [5.74, 6) is 0.310. The molecule has 0 spiro atoms. The van der Waals surface area contributed by atoms with Crippen LogP contribution in [0.2, 0.25) is 5.02 Å². The van der Waals surface area contributed by atoms with Crippen molar-refractivity contribution in [3.05, 3.63) is 64.9 Å². The summed E-state index contributed by atoms with van der Waals surface area (Å²) >= 11 is 7.18. The monoisotopic (exact) mass is 375 g/mol. The van der Waals surface area contributed by atoms with E-state index >= 15 is 0 Å². The highest BCUT2D eigenvalue weighted by atomic mass is 35.5. The van der Waals surface area contributed by atoms with E-state index in [1.807, 2.05) is 14.0 Å². The Morgan fingerprint density at radius 2 is 1.76 bits per heavy atom. The van der Waals surface area contributed by atoms with Gasteiger partial charge < -0.3 is 4.57 Å². The minimum atomic E-state index is -0.329. The first kappa shape index (κ1) is 17.6. The SMILES string of the molecule is CC(Sc1nnc(-c2ccc(F)cc2)n1C)C(=O)c1ccc(Cl)cc1. The summed E-state index contributed by atoms with van der Waals surface area (Å²) < 4.78 is 14.9. The number of Topliss-reactive ketones (excluding diaryl/α,β-unsaturated/α-hetero) is 1. The molecule has 0 aliphatic heterocycles. The third-order valence-electron chi connectivity index (χ3n) is 3.72. The van der Waals surface area contributed by atoms with Gasteiger partial charge in [0, 0.05) is 23.2 Å². The Bertz CT molecular complexity index is 894. The van der Waals surface area contributed by atoms with Gasteiger partial charge in [-0.2, -0.15) is 0 Å². The van der Waals surface area contributed by atoms with E-state index in [1.165, 1.54) is 23.9 Å². The van der Waals surface area contributed by atoms with Gasteiger partial charge in [-0.15, -0.1) is 10.2 Å². The maximum Gasteiger partial charge on any atom is 0.191 e. The van der Waals surface area contributed by atoms with Gasteiger partial charge in [0.05, 0.1) is 5.25 Å². The van der Waals surface area contributed by atoms with Crippen molar-refractivity contribution in [2.75, 3.05) is 0 Å². The number of carbonyl (C=O) groups is 1. The average Bonchev–Trinajstić information content (AvgIpc) is 2.96. The maximum absolute atomic E-state index is 13.1. The molecular weight excluding hydrogens is 361 g/mol. The van der Waals surface area contributed by atoms with E-state index in [4.69, 9.17) is 11.6 Å². The summed E-state index contributed by atoms with van der Waals surface area (Å²) in [4.78, 5) is 12.5. The lowest BCUT2D eigenvalue weighted by Crippen LogP contribution is -2.14. The fourth-order valence-corrected chi connectivity index (χ4v) is 3.35. The number of aromatic nitrogens is 3. The van der Waals surface area contributed by atoms with Gasteiger partial charge in [-0.25, -0.2) is 4.39 Å². The van der Waals surface area contributed by atoms with E-state index in [2.05, 4.69) is 10.2 Å². The second-order valence-corrected chi connectivity index (χ2v) is 7.25. The van der Waals surface area contributed by atoms with Gasteiger partial charge in [-0.1, -0.05) is 23.4 Å². The van der Waals surface area contributed by atoms with Crippen molar-refractivity contribution in [3.8, 4) is 11.4 Å². The first-order valence-electron chi connectivity index (χ1n) is 7.57. The molecule has 1 atom stereocenters. The summed E-state index contributed by atoms with van der Waals surface area (Å²) in [6, 6.07) is 12.9. The Labute approximate surface area is 154 Å². The van der Waals surface area contributed by atoms with E-state index in [1.54, 1.807) is 41.0 Å². The minimum Gasteiger partial charge on any atom is -0.305 e. The van der Waals surface area contributed by atoms with Gasteiger partial charge >= 0.3 is 0 Å². The fourth-order valence-electron chi connectivity index (χ4n) is 2.33. The third-order valence-corrected chi connectivity index (χ3v) is 5.10. The number of thioether (sulfide) groups is 1. The normalized spacial score (nSPS) is 12.2. The molecule has 4 nitrogen and oxygen atoms in total. The van der Waals surface area contributed by atoms with Gasteiger partial charge in [0.25, 0.3) is 0 Å². The molecule has 0 N–H and O–H groups in total. The molecule has 1 aromatic heterocycles. The van der Waals surface area contributed by atoms with Gasteiger partial charge in [0.2, 0.25) is 0 Å². The van der Waals surface area contributed by atoms with Crippen LogP contribution >= 0.6 is 23.4 Å². The van der Waals surface area contributed by atoms with Gasteiger partial charge in [0.15, 0.2) is 16.8 Å². The molecule has 25 heavy (non-hydrogen) atoms. The molecule has 3 rings (SSSR count). The van der Waals surface area contributed by atoms with Gasteiger partial charge in [0.1, 0.15) is 5.82 Å². The van der Waals surface area contributed by atoms with Crippen LogP contribution in [0.4, 0.5) is 4.39 Å². The third kappa shape index (κ3) is 3.91. The number of rotatable bonds is 5. The van der Waals surface area contributed by atoms with Crippen LogP contribution in [0.5, 0.6) is 0 Å². The Kier molecular flexibility index (Phi) is 5.20. The lowest BCUT2D eigenvalue weighted by molar-refractivity contribution is 0.0994. The second kappa shape index (κ2) is 7.37. The number of hydrogen-bond donors (Lipinski definition) is 0. The van der Waals surface area contributed by atoms with Crippen LogP contribution in [-0.2, 0) is 7.05 Å². The summed E-state index contributed by atoms with van der Waals surface area (Å²) in [6.45, 7) is 1.83. The van der Waals surface area contributed by atoms with Crippen LogP contribution in [0.25, 0.3) is 11.4 Å². The van der Waals surface area contributed by atoms with Crippen LogP contribution in [-0.4, -0.2) is 25.8 Å². The van der Waals surface area contributed by atoms with E-state index in [0.717, 1.165) is 5.56 Å². The lowest BCUT2D eigenvalue weighted by atomic mass is 10.1. The zero-order valence-corrected chi connectivity index (χ0v) is 15.2. The first-order valence-corrected chi connectivity index (χ1v) is 8.83. The number of hydrogen-bond acceptors (Lipinski definition) is 4. The molecule has 128 valence electrons. The number of benzene rings is 2. The molecule has 2 aromatic carbocycles. The Hall–Kier alpha value is -2.18. The smallest absolute Gasteiger partial charge is 0.191 e. The van der Waals surface area contributed by atoms with Crippen LogP contribution < -0.4 is 0 Å². The van der Waals surface area contributed by atoms with Crippen molar-refractivity contribution in [1.82, 2.24) is 14.8 Å². The zero-order chi connectivity index (χ0) is 18.0. The molecule has 0 aliphatic carbocycles. The van der Waals surface area contributed by atoms with Crippen molar-refractivity contribution in [3.63, 3.8) is 0 Å². The summed E-state index contributed by atoms with van der Waals surface area (Å²) in [6.07, 6.45) is 0. The maximum atomic E-state index is 13.1.